The van der Waals surface area contributed by atoms with E-state index in [2.05, 4.69) is 60.5 Å². The maximum atomic E-state index is 13.2. The number of benzene rings is 1. The molecule has 36 heavy (non-hydrogen) atoms. The number of likely N-dealkylation sites (tertiary alicyclic amines) is 1. The fraction of sp³-hybridized carbons (Fsp3) is 0.483. The summed E-state index contributed by atoms with van der Waals surface area (Å²) in [6.07, 6.45) is 4.84. The Hall–Kier alpha value is -2.06. The van der Waals surface area contributed by atoms with Gasteiger partial charge in [0.2, 0.25) is 10.0 Å². The number of nitrogens with zero attached hydrogens (tertiary/aromatic N) is 2. The van der Waals surface area contributed by atoms with E-state index in [1.165, 1.54) is 20.9 Å². The van der Waals surface area contributed by atoms with Crippen molar-refractivity contribution in [2.24, 2.45) is 5.41 Å². The lowest BCUT2D eigenvalue weighted by Gasteiger charge is -2.38. The molecule has 1 atom stereocenters. The molecular formula is C29H39N3O2S2. The Morgan fingerprint density at radius 3 is 2.42 bits per heavy atom. The molecule has 1 fully saturated rings. The van der Waals surface area contributed by atoms with Crippen LogP contribution in [0.3, 0.4) is 0 Å². The molecule has 2 aromatic heterocycles. The zero-order chi connectivity index (χ0) is 26.1. The summed E-state index contributed by atoms with van der Waals surface area (Å²) in [4.78, 5) is 10.1. The van der Waals surface area contributed by atoms with Gasteiger partial charge in [0.05, 0.1) is 4.90 Å². The number of sulfonamides is 1. The van der Waals surface area contributed by atoms with Crippen LogP contribution in [0, 0.1) is 33.1 Å². The van der Waals surface area contributed by atoms with Gasteiger partial charge in [0, 0.05) is 40.3 Å². The third kappa shape index (κ3) is 5.91. The van der Waals surface area contributed by atoms with Gasteiger partial charge >= 0.3 is 0 Å². The first-order valence-electron chi connectivity index (χ1n) is 12.7. The molecule has 7 heteroatoms. The highest BCUT2D eigenvalue weighted by Crippen LogP contribution is 2.42. The molecule has 0 amide bonds. The molecule has 4 rings (SSSR count). The van der Waals surface area contributed by atoms with Gasteiger partial charge in [-0.25, -0.2) is 13.1 Å². The maximum Gasteiger partial charge on any atom is 0.240 e. The molecule has 0 unspecified atom stereocenters. The Balaban J connectivity index is 1.56. The third-order valence-corrected chi connectivity index (χ3v) is 10.6. The predicted octanol–water partition coefficient (Wildman–Crippen LogP) is 5.92. The largest absolute Gasteiger partial charge is 0.293 e. The van der Waals surface area contributed by atoms with Gasteiger partial charge in [0.25, 0.3) is 0 Å². The molecule has 1 N–H and O–H groups in total. The van der Waals surface area contributed by atoms with Crippen LogP contribution in [-0.2, 0) is 22.0 Å². The van der Waals surface area contributed by atoms with E-state index in [1.54, 1.807) is 12.1 Å². The van der Waals surface area contributed by atoms with Gasteiger partial charge in [-0.05, 0) is 108 Å². The number of thiophene rings is 1. The molecule has 0 bridgehead atoms. The molecule has 0 spiro atoms. The molecule has 1 aliphatic rings. The minimum absolute atomic E-state index is 0.140. The fourth-order valence-corrected chi connectivity index (χ4v) is 7.28. The summed E-state index contributed by atoms with van der Waals surface area (Å²) < 4.78 is 29.3. The second-order valence-corrected chi connectivity index (χ2v) is 14.1. The molecule has 3 aromatic rings. The van der Waals surface area contributed by atoms with E-state index in [0.29, 0.717) is 11.4 Å². The molecule has 0 radical (unpaired) electrons. The second-order valence-electron chi connectivity index (χ2n) is 11.0. The van der Waals surface area contributed by atoms with Gasteiger partial charge < -0.3 is 0 Å². The summed E-state index contributed by atoms with van der Waals surface area (Å²) in [5.41, 5.74) is 4.26. The molecule has 3 heterocycles. The third-order valence-electron chi connectivity index (χ3n) is 7.93. The minimum atomic E-state index is -3.57. The quantitative estimate of drug-likeness (QED) is 0.377. The Morgan fingerprint density at radius 2 is 1.81 bits per heavy atom. The van der Waals surface area contributed by atoms with Crippen molar-refractivity contribution >= 4 is 21.4 Å². The molecule has 1 aromatic carbocycles. The summed E-state index contributed by atoms with van der Waals surface area (Å²) >= 11 is 1.86. The number of aromatic nitrogens is 1. The Kier molecular flexibility index (Phi) is 7.77. The first-order valence-corrected chi connectivity index (χ1v) is 15.0. The highest BCUT2D eigenvalue weighted by atomic mass is 32.2. The topological polar surface area (TPSA) is 62.3 Å². The molecule has 5 nitrogen and oxygen atoms in total. The molecular weight excluding hydrogens is 486 g/mol. The van der Waals surface area contributed by atoms with E-state index in [9.17, 15) is 8.42 Å². The Morgan fingerprint density at radius 1 is 1.08 bits per heavy atom. The van der Waals surface area contributed by atoms with Crippen LogP contribution in [-0.4, -0.2) is 37.9 Å². The van der Waals surface area contributed by atoms with Crippen molar-refractivity contribution < 1.29 is 8.42 Å². The first kappa shape index (κ1) is 27.0. The van der Waals surface area contributed by atoms with Gasteiger partial charge in [0.1, 0.15) is 0 Å². The lowest BCUT2D eigenvalue weighted by molar-refractivity contribution is 0.128. The predicted molar refractivity (Wildman–Crippen MR) is 149 cm³/mol. The van der Waals surface area contributed by atoms with Gasteiger partial charge in [-0.2, -0.15) is 0 Å². The molecule has 0 saturated carbocycles. The maximum absolute atomic E-state index is 13.2. The Labute approximate surface area is 221 Å². The van der Waals surface area contributed by atoms with Crippen molar-refractivity contribution in [1.29, 1.82) is 0 Å². The Bertz CT molecular complexity index is 1280. The summed E-state index contributed by atoms with van der Waals surface area (Å²) in [7, 11) is -3.57. The molecule has 194 valence electrons. The van der Waals surface area contributed by atoms with E-state index < -0.39 is 10.0 Å². The van der Waals surface area contributed by atoms with Crippen molar-refractivity contribution in [2.45, 2.75) is 71.2 Å². The smallest absolute Gasteiger partial charge is 0.240 e. The normalized spacial score (nSPS) is 19.2. The number of nitrogens with one attached hydrogen (secondary N) is 1. The number of aryl methyl sites for hydroxylation is 5. The average Bonchev–Trinajstić information content (AvgIpc) is 3.41. The monoisotopic (exact) mass is 525 g/mol. The van der Waals surface area contributed by atoms with Crippen molar-refractivity contribution in [1.82, 2.24) is 14.6 Å². The molecule has 0 aliphatic carbocycles. The summed E-state index contributed by atoms with van der Waals surface area (Å²) in [5, 5.41) is 0. The lowest BCUT2D eigenvalue weighted by atomic mass is 9.82. The zero-order valence-corrected chi connectivity index (χ0v) is 24.0. The first-order chi connectivity index (χ1) is 16.9. The number of hydrogen-bond donors (Lipinski definition) is 1. The van der Waals surface area contributed by atoms with Crippen LogP contribution in [0.2, 0.25) is 0 Å². The minimum Gasteiger partial charge on any atom is -0.293 e. The van der Waals surface area contributed by atoms with Crippen LogP contribution in [0.1, 0.15) is 58.8 Å². The summed E-state index contributed by atoms with van der Waals surface area (Å²) in [5.74, 6) is 0. The van der Waals surface area contributed by atoms with Crippen LogP contribution >= 0.6 is 11.3 Å². The van der Waals surface area contributed by atoms with E-state index in [1.807, 2.05) is 43.5 Å². The summed E-state index contributed by atoms with van der Waals surface area (Å²) in [6, 6.07) is 13.6. The standard InChI is InChI=1S/C29H39N3O2S2/c1-21-7-11-27(12-8-21)36(33,34)31-19-29(14-13-26-17-22(2)24(4)35-26)15-16-32(20-29)28(5,6)25-10-9-23(3)30-18-25/h7-12,17-18,31H,13-16,19-20H2,1-6H3/t29-/m1/s1. The fourth-order valence-electron chi connectivity index (χ4n) is 5.07. The molecule has 1 saturated heterocycles. The summed E-state index contributed by atoms with van der Waals surface area (Å²) in [6.45, 7) is 15.0. The van der Waals surface area contributed by atoms with Crippen molar-refractivity contribution in [2.75, 3.05) is 19.6 Å². The number of hydrogen-bond acceptors (Lipinski definition) is 5. The second kappa shape index (κ2) is 10.4. The van der Waals surface area contributed by atoms with E-state index in [-0.39, 0.29) is 11.0 Å². The van der Waals surface area contributed by atoms with Crippen molar-refractivity contribution in [3.63, 3.8) is 0 Å². The van der Waals surface area contributed by atoms with Gasteiger partial charge in [-0.3, -0.25) is 9.88 Å². The highest BCUT2D eigenvalue weighted by Gasteiger charge is 2.44. The van der Waals surface area contributed by atoms with E-state index in [0.717, 1.165) is 43.6 Å². The van der Waals surface area contributed by atoms with Gasteiger partial charge in [-0.1, -0.05) is 23.8 Å². The van der Waals surface area contributed by atoms with E-state index in [4.69, 9.17) is 0 Å². The van der Waals surface area contributed by atoms with Crippen LogP contribution in [0.5, 0.6) is 0 Å². The van der Waals surface area contributed by atoms with Crippen LogP contribution in [0.25, 0.3) is 0 Å². The van der Waals surface area contributed by atoms with Crippen LogP contribution < -0.4 is 4.72 Å². The highest BCUT2D eigenvalue weighted by molar-refractivity contribution is 7.89. The van der Waals surface area contributed by atoms with Crippen LogP contribution in [0.4, 0.5) is 0 Å². The average molecular weight is 526 g/mol. The number of rotatable bonds is 9. The van der Waals surface area contributed by atoms with Crippen molar-refractivity contribution in [3.8, 4) is 0 Å². The zero-order valence-electron chi connectivity index (χ0n) is 22.4. The lowest BCUT2D eigenvalue weighted by Crippen LogP contribution is -2.44. The number of pyridine rings is 1. The SMILES string of the molecule is Cc1ccc(S(=O)(=O)NC[C@@]2(CCc3cc(C)c(C)s3)CCN(C(C)(C)c3ccc(C)nc3)C2)cc1. The van der Waals surface area contributed by atoms with Crippen LogP contribution in [0.15, 0.2) is 53.6 Å². The van der Waals surface area contributed by atoms with Gasteiger partial charge in [-0.15, -0.1) is 11.3 Å². The van der Waals surface area contributed by atoms with Gasteiger partial charge in [0.15, 0.2) is 0 Å². The molecule has 1 aliphatic heterocycles. The van der Waals surface area contributed by atoms with E-state index >= 15 is 0 Å². The van der Waals surface area contributed by atoms with Crippen molar-refractivity contribution in [3.05, 3.63) is 80.8 Å².